The Morgan fingerprint density at radius 2 is 1.79 bits per heavy atom. The minimum Gasteiger partial charge on any atom is -0.324 e. The number of hydrogen-bond acceptors (Lipinski definition) is 4. The summed E-state index contributed by atoms with van der Waals surface area (Å²) in [4.78, 5) is 41.3. The molecule has 6 nitrogen and oxygen atoms in total. The molecule has 0 aliphatic rings. The molecule has 1 aromatic heterocycles. The number of ketones is 1. The zero-order valence-electron chi connectivity index (χ0n) is 15.4. The van der Waals surface area contributed by atoms with E-state index in [4.69, 9.17) is 11.6 Å². The number of hydrogen-bond donors (Lipinski definition) is 1. The van der Waals surface area contributed by atoms with Gasteiger partial charge in [0.1, 0.15) is 6.54 Å². The molecule has 142 valence electrons. The molecule has 0 fully saturated rings. The predicted octanol–water partition coefficient (Wildman–Crippen LogP) is 3.38. The molecule has 0 aliphatic heterocycles. The molecule has 0 saturated heterocycles. The highest BCUT2D eigenvalue weighted by Gasteiger charge is 2.17. The molecule has 0 aliphatic carbocycles. The van der Waals surface area contributed by atoms with Crippen molar-refractivity contribution < 1.29 is 9.59 Å². The second-order valence-electron chi connectivity index (χ2n) is 6.34. The number of amides is 1. The zero-order chi connectivity index (χ0) is 20.3. The summed E-state index contributed by atoms with van der Waals surface area (Å²) < 4.78 is 1.27. The van der Waals surface area contributed by atoms with Gasteiger partial charge in [0.15, 0.2) is 5.78 Å². The summed E-state index contributed by atoms with van der Waals surface area (Å²) in [6.45, 7) is 3.24. The summed E-state index contributed by atoms with van der Waals surface area (Å²) in [5.74, 6) is -0.705. The van der Waals surface area contributed by atoms with E-state index in [1.165, 1.54) is 10.6 Å². The Morgan fingerprint density at radius 1 is 1.07 bits per heavy atom. The Bertz CT molecular complexity index is 1110. The molecule has 7 heteroatoms. The molecule has 0 spiro atoms. The quantitative estimate of drug-likeness (QED) is 0.671. The second kappa shape index (κ2) is 8.19. The average Bonchev–Trinajstić information content (AvgIpc) is 2.66. The average molecular weight is 396 g/mol. The number of benzene rings is 2. The number of anilines is 1. The molecule has 1 heterocycles. The van der Waals surface area contributed by atoms with Crippen LogP contribution in [0.1, 0.15) is 27.3 Å². The Hall–Kier alpha value is -3.25. The van der Waals surface area contributed by atoms with E-state index in [-0.39, 0.29) is 17.9 Å². The number of aryl methyl sites for hydroxylation is 2. The van der Waals surface area contributed by atoms with Crippen molar-refractivity contribution in [2.75, 3.05) is 5.32 Å². The van der Waals surface area contributed by atoms with Crippen molar-refractivity contribution in [3.8, 4) is 0 Å². The monoisotopic (exact) mass is 395 g/mol. The van der Waals surface area contributed by atoms with E-state index in [9.17, 15) is 14.4 Å². The van der Waals surface area contributed by atoms with Crippen LogP contribution in [0, 0.1) is 13.8 Å². The summed E-state index contributed by atoms with van der Waals surface area (Å²) in [7, 11) is 0. The molecule has 0 bridgehead atoms. The molecule has 1 amide bonds. The third-order valence-electron chi connectivity index (χ3n) is 4.18. The lowest BCUT2D eigenvalue weighted by Gasteiger charge is -2.13. The molecule has 1 N–H and O–H groups in total. The molecule has 0 saturated carbocycles. The van der Waals surface area contributed by atoms with Gasteiger partial charge in [0.25, 0.3) is 0 Å². The number of nitrogens with zero attached hydrogens (tertiary/aromatic N) is 2. The minimum atomic E-state index is -0.496. The standard InChI is InChI=1S/C21H18ClN3O3/c1-13-10-14(2)25(21(28)23-13)12-19(26)24-18-9-8-16(22)11-17(18)20(27)15-6-4-3-5-7-15/h3-11H,12H2,1-2H3,(H,24,26). The summed E-state index contributed by atoms with van der Waals surface area (Å²) in [5.41, 5.74) is 1.81. The fourth-order valence-corrected chi connectivity index (χ4v) is 3.03. The van der Waals surface area contributed by atoms with Gasteiger partial charge >= 0.3 is 5.69 Å². The Kier molecular flexibility index (Phi) is 5.70. The highest BCUT2D eigenvalue weighted by molar-refractivity contribution is 6.31. The van der Waals surface area contributed by atoms with Crippen LogP contribution in [0.4, 0.5) is 5.69 Å². The van der Waals surface area contributed by atoms with Crippen LogP contribution in [0.2, 0.25) is 5.02 Å². The molecular formula is C21H18ClN3O3. The van der Waals surface area contributed by atoms with Crippen molar-refractivity contribution in [3.63, 3.8) is 0 Å². The Morgan fingerprint density at radius 3 is 2.46 bits per heavy atom. The highest BCUT2D eigenvalue weighted by Crippen LogP contribution is 2.24. The lowest BCUT2D eigenvalue weighted by molar-refractivity contribution is -0.116. The smallest absolute Gasteiger partial charge is 0.324 e. The molecule has 3 rings (SSSR count). The molecule has 0 atom stereocenters. The summed E-state index contributed by atoms with van der Waals surface area (Å²) in [6, 6.07) is 15.1. The lowest BCUT2D eigenvalue weighted by atomic mass is 10.0. The van der Waals surface area contributed by atoms with Gasteiger partial charge in [-0.05, 0) is 38.1 Å². The lowest BCUT2D eigenvalue weighted by Crippen LogP contribution is -2.31. The van der Waals surface area contributed by atoms with Crippen molar-refractivity contribution in [2.45, 2.75) is 20.4 Å². The largest absolute Gasteiger partial charge is 0.348 e. The Balaban J connectivity index is 1.88. The maximum absolute atomic E-state index is 12.8. The van der Waals surface area contributed by atoms with Gasteiger partial charge in [-0.25, -0.2) is 4.79 Å². The molecular weight excluding hydrogens is 378 g/mol. The Labute approximate surface area is 166 Å². The van der Waals surface area contributed by atoms with E-state index in [1.54, 1.807) is 56.3 Å². The van der Waals surface area contributed by atoms with Crippen LogP contribution < -0.4 is 11.0 Å². The summed E-state index contributed by atoms with van der Waals surface area (Å²) >= 11 is 6.05. The van der Waals surface area contributed by atoms with Gasteiger partial charge in [-0.2, -0.15) is 4.98 Å². The third-order valence-corrected chi connectivity index (χ3v) is 4.42. The molecule has 28 heavy (non-hydrogen) atoms. The maximum atomic E-state index is 12.8. The first-order chi connectivity index (χ1) is 13.3. The molecule has 3 aromatic rings. The fourth-order valence-electron chi connectivity index (χ4n) is 2.86. The van der Waals surface area contributed by atoms with Crippen molar-refractivity contribution in [2.24, 2.45) is 0 Å². The van der Waals surface area contributed by atoms with Crippen LogP contribution in [0.25, 0.3) is 0 Å². The first kappa shape index (κ1) is 19.5. The summed E-state index contributed by atoms with van der Waals surface area (Å²) in [5, 5.41) is 3.08. The maximum Gasteiger partial charge on any atom is 0.348 e. The van der Waals surface area contributed by atoms with Crippen LogP contribution in [-0.2, 0) is 11.3 Å². The van der Waals surface area contributed by atoms with E-state index in [1.807, 2.05) is 6.07 Å². The summed E-state index contributed by atoms with van der Waals surface area (Å²) in [6.07, 6.45) is 0. The van der Waals surface area contributed by atoms with Gasteiger partial charge in [0, 0.05) is 27.5 Å². The van der Waals surface area contributed by atoms with Gasteiger partial charge in [-0.15, -0.1) is 0 Å². The number of carbonyl (C=O) groups is 2. The molecule has 0 radical (unpaired) electrons. The van der Waals surface area contributed by atoms with Gasteiger partial charge in [0.05, 0.1) is 5.69 Å². The minimum absolute atomic E-state index is 0.209. The molecule has 2 aromatic carbocycles. The molecule has 0 unspecified atom stereocenters. The SMILES string of the molecule is Cc1cc(C)n(CC(=O)Nc2ccc(Cl)cc2C(=O)c2ccccc2)c(=O)n1. The van der Waals surface area contributed by atoms with Gasteiger partial charge < -0.3 is 5.32 Å². The van der Waals surface area contributed by atoms with Crippen LogP contribution >= 0.6 is 11.6 Å². The number of aromatic nitrogens is 2. The van der Waals surface area contributed by atoms with Crippen LogP contribution in [0.5, 0.6) is 0 Å². The van der Waals surface area contributed by atoms with E-state index in [0.717, 1.165) is 0 Å². The number of carbonyl (C=O) groups excluding carboxylic acids is 2. The van der Waals surface area contributed by atoms with E-state index in [0.29, 0.717) is 27.7 Å². The zero-order valence-corrected chi connectivity index (χ0v) is 16.2. The van der Waals surface area contributed by atoms with Gasteiger partial charge in [-0.3, -0.25) is 14.2 Å². The van der Waals surface area contributed by atoms with E-state index in [2.05, 4.69) is 10.3 Å². The third kappa shape index (κ3) is 4.35. The van der Waals surface area contributed by atoms with Gasteiger partial charge in [0.2, 0.25) is 5.91 Å². The van der Waals surface area contributed by atoms with Crippen LogP contribution in [0.3, 0.4) is 0 Å². The van der Waals surface area contributed by atoms with Gasteiger partial charge in [-0.1, -0.05) is 41.9 Å². The van der Waals surface area contributed by atoms with Crippen molar-refractivity contribution >= 4 is 29.0 Å². The second-order valence-corrected chi connectivity index (χ2v) is 6.78. The topological polar surface area (TPSA) is 81.1 Å². The van der Waals surface area contributed by atoms with Crippen molar-refractivity contribution in [3.05, 3.63) is 92.6 Å². The van der Waals surface area contributed by atoms with Crippen molar-refractivity contribution in [1.82, 2.24) is 9.55 Å². The number of halogens is 1. The first-order valence-corrected chi connectivity index (χ1v) is 8.97. The fraction of sp³-hybridized carbons (Fsp3) is 0.143. The predicted molar refractivity (Wildman–Crippen MR) is 108 cm³/mol. The van der Waals surface area contributed by atoms with Crippen molar-refractivity contribution in [1.29, 1.82) is 0 Å². The number of rotatable bonds is 5. The normalized spacial score (nSPS) is 10.5. The van der Waals surface area contributed by atoms with Crippen LogP contribution in [0.15, 0.2) is 59.4 Å². The van der Waals surface area contributed by atoms with E-state index >= 15 is 0 Å². The highest BCUT2D eigenvalue weighted by atomic mass is 35.5. The van der Waals surface area contributed by atoms with E-state index < -0.39 is 11.6 Å². The first-order valence-electron chi connectivity index (χ1n) is 8.59. The number of nitrogens with one attached hydrogen (secondary N) is 1. The van der Waals surface area contributed by atoms with Crippen LogP contribution in [-0.4, -0.2) is 21.2 Å².